The van der Waals surface area contributed by atoms with Gasteiger partial charge < -0.3 is 14.6 Å². The zero-order chi connectivity index (χ0) is 13.7. The van der Waals surface area contributed by atoms with Gasteiger partial charge in [0, 0.05) is 32.4 Å². The summed E-state index contributed by atoms with van der Waals surface area (Å²) in [6, 6.07) is 7.43. The van der Waals surface area contributed by atoms with Gasteiger partial charge in [-0.15, -0.1) is 0 Å². The molecule has 0 bridgehead atoms. The quantitative estimate of drug-likeness (QED) is 0.864. The van der Waals surface area contributed by atoms with Crippen molar-refractivity contribution in [2.24, 2.45) is 7.05 Å². The third-order valence-electron chi connectivity index (χ3n) is 3.22. The molecule has 102 valence electrons. The minimum atomic E-state index is 0.332. The molecule has 0 atom stereocenters. The molecule has 0 radical (unpaired) electrons. The molecule has 0 fully saturated rings. The molecule has 4 heteroatoms. The first kappa shape index (κ1) is 13.6. The normalized spacial score (nSPS) is 11.1. The van der Waals surface area contributed by atoms with Crippen molar-refractivity contribution in [1.82, 2.24) is 14.5 Å². The highest BCUT2D eigenvalue weighted by Gasteiger charge is 2.03. The lowest BCUT2D eigenvalue weighted by molar-refractivity contribution is 0.320. The zero-order valence-electron chi connectivity index (χ0n) is 11.6. The number of aromatic hydroxyl groups is 1. The van der Waals surface area contributed by atoms with Crippen molar-refractivity contribution in [3.63, 3.8) is 0 Å². The van der Waals surface area contributed by atoms with Gasteiger partial charge in [0.05, 0.1) is 0 Å². The SMILES string of the molecule is CN(CCCc1nccn1C)Cc1cccc(O)c1. The predicted molar refractivity (Wildman–Crippen MR) is 76.0 cm³/mol. The monoisotopic (exact) mass is 259 g/mol. The molecule has 0 aliphatic heterocycles. The van der Waals surface area contributed by atoms with Crippen LogP contribution >= 0.6 is 0 Å². The number of hydrogen-bond donors (Lipinski definition) is 1. The first-order valence-corrected chi connectivity index (χ1v) is 6.58. The van der Waals surface area contributed by atoms with E-state index in [4.69, 9.17) is 0 Å². The maximum Gasteiger partial charge on any atom is 0.115 e. The summed E-state index contributed by atoms with van der Waals surface area (Å²) in [7, 11) is 4.13. The van der Waals surface area contributed by atoms with Gasteiger partial charge in [0.2, 0.25) is 0 Å². The van der Waals surface area contributed by atoms with Gasteiger partial charge in [-0.05, 0) is 37.7 Å². The van der Waals surface area contributed by atoms with Crippen LogP contribution in [0.3, 0.4) is 0 Å². The minimum absolute atomic E-state index is 0.332. The number of hydrogen-bond acceptors (Lipinski definition) is 3. The van der Waals surface area contributed by atoms with Crippen molar-refractivity contribution in [2.45, 2.75) is 19.4 Å². The van der Waals surface area contributed by atoms with Crippen molar-refractivity contribution in [3.05, 3.63) is 48.0 Å². The molecular formula is C15H21N3O. The summed E-state index contributed by atoms with van der Waals surface area (Å²) >= 11 is 0. The maximum atomic E-state index is 9.43. The Hall–Kier alpha value is -1.81. The van der Waals surface area contributed by atoms with E-state index in [1.165, 1.54) is 0 Å². The lowest BCUT2D eigenvalue weighted by Crippen LogP contribution is -2.19. The highest BCUT2D eigenvalue weighted by atomic mass is 16.3. The second-order valence-corrected chi connectivity index (χ2v) is 4.97. The van der Waals surface area contributed by atoms with Crippen LogP contribution < -0.4 is 0 Å². The lowest BCUT2D eigenvalue weighted by Gasteiger charge is -2.16. The molecule has 0 spiro atoms. The van der Waals surface area contributed by atoms with Crippen molar-refractivity contribution in [2.75, 3.05) is 13.6 Å². The van der Waals surface area contributed by atoms with E-state index in [-0.39, 0.29) is 0 Å². The Labute approximate surface area is 114 Å². The van der Waals surface area contributed by atoms with E-state index in [1.807, 2.05) is 37.6 Å². The molecule has 0 saturated carbocycles. The number of imidazole rings is 1. The third-order valence-corrected chi connectivity index (χ3v) is 3.22. The molecule has 1 aromatic carbocycles. The van der Waals surface area contributed by atoms with Crippen LogP contribution in [-0.2, 0) is 20.0 Å². The number of nitrogens with zero attached hydrogens (tertiary/aromatic N) is 3. The fourth-order valence-electron chi connectivity index (χ4n) is 2.19. The van der Waals surface area contributed by atoms with Gasteiger partial charge in [-0.25, -0.2) is 4.98 Å². The van der Waals surface area contributed by atoms with Gasteiger partial charge in [-0.1, -0.05) is 12.1 Å². The van der Waals surface area contributed by atoms with Crippen molar-refractivity contribution < 1.29 is 5.11 Å². The summed E-state index contributed by atoms with van der Waals surface area (Å²) in [5, 5.41) is 9.43. The van der Waals surface area contributed by atoms with Gasteiger partial charge >= 0.3 is 0 Å². The topological polar surface area (TPSA) is 41.3 Å². The molecule has 19 heavy (non-hydrogen) atoms. The van der Waals surface area contributed by atoms with Crippen molar-refractivity contribution >= 4 is 0 Å². The molecular weight excluding hydrogens is 238 g/mol. The number of phenols is 1. The van der Waals surface area contributed by atoms with Crippen molar-refractivity contribution in [1.29, 1.82) is 0 Å². The summed E-state index contributed by atoms with van der Waals surface area (Å²) < 4.78 is 2.06. The Morgan fingerprint density at radius 2 is 2.21 bits per heavy atom. The van der Waals surface area contributed by atoms with E-state index in [9.17, 15) is 5.11 Å². The molecule has 4 nitrogen and oxygen atoms in total. The second-order valence-electron chi connectivity index (χ2n) is 4.97. The van der Waals surface area contributed by atoms with Crippen LogP contribution in [0.4, 0.5) is 0 Å². The Kier molecular flexibility index (Phi) is 4.58. The van der Waals surface area contributed by atoms with E-state index in [0.29, 0.717) is 5.75 Å². The molecule has 0 aliphatic rings. The molecule has 1 heterocycles. The van der Waals surface area contributed by atoms with Crippen LogP contribution in [0.15, 0.2) is 36.7 Å². The van der Waals surface area contributed by atoms with Crippen LogP contribution in [0.2, 0.25) is 0 Å². The molecule has 0 saturated heterocycles. The molecule has 2 aromatic rings. The summed E-state index contributed by atoms with van der Waals surface area (Å²) in [5.41, 5.74) is 1.14. The summed E-state index contributed by atoms with van der Waals surface area (Å²) in [6.07, 6.45) is 5.89. The largest absolute Gasteiger partial charge is 0.508 e. The Morgan fingerprint density at radius 3 is 2.89 bits per heavy atom. The highest BCUT2D eigenvalue weighted by molar-refractivity contribution is 5.26. The van der Waals surface area contributed by atoms with E-state index in [1.54, 1.807) is 6.07 Å². The highest BCUT2D eigenvalue weighted by Crippen LogP contribution is 2.12. The van der Waals surface area contributed by atoms with Crippen LogP contribution in [0, 0.1) is 0 Å². The maximum absolute atomic E-state index is 9.43. The Bertz CT molecular complexity index is 522. The number of benzene rings is 1. The first-order chi connectivity index (χ1) is 9.15. The third kappa shape index (κ3) is 4.10. The fraction of sp³-hybridized carbons (Fsp3) is 0.400. The van der Waals surface area contributed by atoms with Gasteiger partial charge in [0.1, 0.15) is 11.6 Å². The second kappa shape index (κ2) is 6.38. The molecule has 0 unspecified atom stereocenters. The smallest absolute Gasteiger partial charge is 0.115 e. The molecule has 1 aromatic heterocycles. The minimum Gasteiger partial charge on any atom is -0.508 e. The first-order valence-electron chi connectivity index (χ1n) is 6.58. The van der Waals surface area contributed by atoms with Crippen LogP contribution in [0.25, 0.3) is 0 Å². The number of aryl methyl sites for hydroxylation is 2. The van der Waals surface area contributed by atoms with Gasteiger partial charge in [0.15, 0.2) is 0 Å². The Morgan fingerprint density at radius 1 is 1.37 bits per heavy atom. The average molecular weight is 259 g/mol. The lowest BCUT2D eigenvalue weighted by atomic mass is 10.2. The van der Waals surface area contributed by atoms with Gasteiger partial charge in [0.25, 0.3) is 0 Å². The van der Waals surface area contributed by atoms with Crippen LogP contribution in [0.1, 0.15) is 17.8 Å². The average Bonchev–Trinajstić information content (AvgIpc) is 2.75. The number of aromatic nitrogens is 2. The van der Waals surface area contributed by atoms with Gasteiger partial charge in [-0.3, -0.25) is 0 Å². The number of phenolic OH excluding ortho intramolecular Hbond substituents is 1. The molecule has 0 amide bonds. The number of rotatable bonds is 6. The summed E-state index contributed by atoms with van der Waals surface area (Å²) in [4.78, 5) is 6.58. The Balaban J connectivity index is 1.76. The zero-order valence-corrected chi connectivity index (χ0v) is 11.6. The summed E-state index contributed by atoms with van der Waals surface area (Å²) in [5.74, 6) is 1.46. The van der Waals surface area contributed by atoms with E-state index in [0.717, 1.165) is 37.3 Å². The fourth-order valence-corrected chi connectivity index (χ4v) is 2.19. The molecule has 2 rings (SSSR count). The van der Waals surface area contributed by atoms with Gasteiger partial charge in [-0.2, -0.15) is 0 Å². The standard InChI is InChI=1S/C15H21N3O/c1-17(12-13-5-3-6-14(19)11-13)9-4-7-15-16-8-10-18(15)2/h3,5-6,8,10-11,19H,4,7,9,12H2,1-2H3. The van der Waals surface area contributed by atoms with E-state index < -0.39 is 0 Å². The predicted octanol–water partition coefficient (Wildman–Crippen LogP) is 2.19. The summed E-state index contributed by atoms with van der Waals surface area (Å²) in [6.45, 7) is 1.87. The van der Waals surface area contributed by atoms with E-state index in [2.05, 4.69) is 21.5 Å². The van der Waals surface area contributed by atoms with Crippen molar-refractivity contribution in [3.8, 4) is 5.75 Å². The molecule has 1 N–H and O–H groups in total. The van der Waals surface area contributed by atoms with Crippen LogP contribution in [0.5, 0.6) is 5.75 Å². The van der Waals surface area contributed by atoms with E-state index >= 15 is 0 Å². The van der Waals surface area contributed by atoms with Crippen LogP contribution in [-0.4, -0.2) is 33.1 Å². The molecule has 0 aliphatic carbocycles.